The van der Waals surface area contributed by atoms with Crippen molar-refractivity contribution in [2.24, 2.45) is 5.92 Å². The van der Waals surface area contributed by atoms with E-state index in [9.17, 15) is 5.11 Å². The van der Waals surface area contributed by atoms with Crippen molar-refractivity contribution in [3.05, 3.63) is 0 Å². The highest BCUT2D eigenvalue weighted by Crippen LogP contribution is 2.47. The average Bonchev–Trinajstić information content (AvgIpc) is 2.86. The lowest BCUT2D eigenvalue weighted by Gasteiger charge is -2.36. The van der Waals surface area contributed by atoms with Crippen LogP contribution in [0.15, 0.2) is 0 Å². The van der Waals surface area contributed by atoms with Crippen molar-refractivity contribution in [3.63, 3.8) is 0 Å². The van der Waals surface area contributed by atoms with Gasteiger partial charge in [0.1, 0.15) is 0 Å². The highest BCUT2D eigenvalue weighted by molar-refractivity contribution is 4.98. The summed E-state index contributed by atoms with van der Waals surface area (Å²) < 4.78 is 5.30. The van der Waals surface area contributed by atoms with E-state index in [1.54, 1.807) is 7.11 Å². The molecule has 0 aromatic heterocycles. The molecule has 2 fully saturated rings. The number of methoxy groups -OCH3 is 1. The SMILES string of the molecule is COC1CCCC(O)(C2CC2)C1. The van der Waals surface area contributed by atoms with E-state index in [1.807, 2.05) is 0 Å². The molecule has 0 aromatic carbocycles. The standard InChI is InChI=1S/C10H18O2/c1-12-9-3-2-6-10(11,7-9)8-4-5-8/h8-9,11H,2-7H2,1H3. The molecule has 0 heterocycles. The molecule has 2 unspecified atom stereocenters. The summed E-state index contributed by atoms with van der Waals surface area (Å²) in [6.45, 7) is 0. The van der Waals surface area contributed by atoms with Gasteiger partial charge in [0.05, 0.1) is 11.7 Å². The summed E-state index contributed by atoms with van der Waals surface area (Å²) in [5.74, 6) is 0.593. The Hall–Kier alpha value is -0.0800. The fourth-order valence-corrected chi connectivity index (χ4v) is 2.43. The van der Waals surface area contributed by atoms with Crippen molar-refractivity contribution >= 4 is 0 Å². The van der Waals surface area contributed by atoms with Crippen molar-refractivity contribution in [2.45, 2.75) is 50.2 Å². The summed E-state index contributed by atoms with van der Waals surface area (Å²) in [6, 6.07) is 0. The van der Waals surface area contributed by atoms with Crippen LogP contribution in [0.4, 0.5) is 0 Å². The van der Waals surface area contributed by atoms with E-state index in [0.29, 0.717) is 12.0 Å². The maximum absolute atomic E-state index is 10.2. The Labute approximate surface area is 73.9 Å². The van der Waals surface area contributed by atoms with Gasteiger partial charge in [-0.25, -0.2) is 0 Å². The zero-order valence-corrected chi connectivity index (χ0v) is 7.75. The van der Waals surface area contributed by atoms with Crippen LogP contribution in [0.2, 0.25) is 0 Å². The topological polar surface area (TPSA) is 29.5 Å². The molecule has 2 saturated carbocycles. The van der Waals surface area contributed by atoms with Crippen molar-refractivity contribution in [2.75, 3.05) is 7.11 Å². The highest BCUT2D eigenvalue weighted by Gasteiger charge is 2.46. The van der Waals surface area contributed by atoms with Gasteiger partial charge >= 0.3 is 0 Å². The third kappa shape index (κ3) is 1.50. The van der Waals surface area contributed by atoms with Gasteiger partial charge in [0, 0.05) is 13.5 Å². The van der Waals surface area contributed by atoms with Crippen molar-refractivity contribution in [3.8, 4) is 0 Å². The minimum atomic E-state index is -0.362. The molecule has 2 aliphatic rings. The molecule has 2 atom stereocenters. The second-order valence-corrected chi connectivity index (χ2v) is 4.33. The average molecular weight is 170 g/mol. The van der Waals surface area contributed by atoms with Gasteiger partial charge in [-0.05, 0) is 38.0 Å². The molecule has 2 aliphatic carbocycles. The fourth-order valence-electron chi connectivity index (χ4n) is 2.43. The van der Waals surface area contributed by atoms with Gasteiger partial charge in [0.2, 0.25) is 0 Å². The highest BCUT2D eigenvalue weighted by atomic mass is 16.5. The molecule has 2 heteroatoms. The maximum atomic E-state index is 10.2. The van der Waals surface area contributed by atoms with Gasteiger partial charge in [-0.2, -0.15) is 0 Å². The summed E-state index contributed by atoms with van der Waals surface area (Å²) in [4.78, 5) is 0. The van der Waals surface area contributed by atoms with E-state index < -0.39 is 0 Å². The third-order valence-corrected chi connectivity index (χ3v) is 3.39. The van der Waals surface area contributed by atoms with E-state index >= 15 is 0 Å². The molecular formula is C10H18O2. The quantitative estimate of drug-likeness (QED) is 0.683. The zero-order valence-electron chi connectivity index (χ0n) is 7.75. The van der Waals surface area contributed by atoms with Crippen LogP contribution in [-0.4, -0.2) is 23.9 Å². The molecule has 1 N–H and O–H groups in total. The van der Waals surface area contributed by atoms with Gasteiger partial charge in [-0.15, -0.1) is 0 Å². The van der Waals surface area contributed by atoms with E-state index in [2.05, 4.69) is 0 Å². The first-order valence-electron chi connectivity index (χ1n) is 5.00. The van der Waals surface area contributed by atoms with Gasteiger partial charge in [0.15, 0.2) is 0 Å². The first kappa shape index (κ1) is 8.52. The fraction of sp³-hybridized carbons (Fsp3) is 1.00. The number of rotatable bonds is 2. The summed E-state index contributed by atoms with van der Waals surface area (Å²) in [5, 5.41) is 10.2. The molecule has 0 saturated heterocycles. The van der Waals surface area contributed by atoms with Gasteiger partial charge in [-0.1, -0.05) is 0 Å². The van der Waals surface area contributed by atoms with Crippen LogP contribution < -0.4 is 0 Å². The van der Waals surface area contributed by atoms with Crippen LogP contribution in [0.25, 0.3) is 0 Å². The minimum Gasteiger partial charge on any atom is -0.390 e. The normalized spacial score (nSPS) is 43.0. The Kier molecular flexibility index (Phi) is 2.13. The Morgan fingerprint density at radius 1 is 1.33 bits per heavy atom. The molecule has 0 bridgehead atoms. The largest absolute Gasteiger partial charge is 0.390 e. The predicted octanol–water partition coefficient (Wildman–Crippen LogP) is 1.72. The van der Waals surface area contributed by atoms with Crippen molar-refractivity contribution in [1.82, 2.24) is 0 Å². The second kappa shape index (κ2) is 3.00. The van der Waals surface area contributed by atoms with Crippen molar-refractivity contribution in [1.29, 1.82) is 0 Å². The molecule has 0 aromatic rings. The molecule has 12 heavy (non-hydrogen) atoms. The lowest BCUT2D eigenvalue weighted by molar-refractivity contribution is -0.0722. The molecule has 2 rings (SSSR count). The first-order valence-corrected chi connectivity index (χ1v) is 5.00. The summed E-state index contributed by atoms with van der Waals surface area (Å²) in [7, 11) is 1.75. The second-order valence-electron chi connectivity index (χ2n) is 4.33. The number of aliphatic hydroxyl groups is 1. The van der Waals surface area contributed by atoms with Gasteiger partial charge in [-0.3, -0.25) is 0 Å². The number of hydrogen-bond donors (Lipinski definition) is 1. The van der Waals surface area contributed by atoms with Crippen LogP contribution in [0.5, 0.6) is 0 Å². The molecule has 70 valence electrons. The lowest BCUT2D eigenvalue weighted by Crippen LogP contribution is -2.40. The summed E-state index contributed by atoms with van der Waals surface area (Å²) in [5.41, 5.74) is -0.362. The van der Waals surface area contributed by atoms with Crippen LogP contribution in [0, 0.1) is 5.92 Å². The first-order chi connectivity index (χ1) is 5.74. The van der Waals surface area contributed by atoms with E-state index in [0.717, 1.165) is 25.7 Å². The lowest BCUT2D eigenvalue weighted by atomic mass is 9.80. The van der Waals surface area contributed by atoms with E-state index in [4.69, 9.17) is 4.74 Å². The van der Waals surface area contributed by atoms with E-state index in [-0.39, 0.29) is 5.60 Å². The molecular weight excluding hydrogens is 152 g/mol. The Bertz CT molecular complexity index is 165. The molecule has 2 nitrogen and oxygen atoms in total. The molecule has 0 aliphatic heterocycles. The number of ether oxygens (including phenoxy) is 1. The van der Waals surface area contributed by atoms with Gasteiger partial charge in [0.25, 0.3) is 0 Å². The van der Waals surface area contributed by atoms with Gasteiger partial charge < -0.3 is 9.84 Å². The predicted molar refractivity (Wildman–Crippen MR) is 46.9 cm³/mol. The van der Waals surface area contributed by atoms with Crippen LogP contribution in [-0.2, 0) is 4.74 Å². The molecule has 0 radical (unpaired) electrons. The Morgan fingerprint density at radius 3 is 2.67 bits per heavy atom. The monoisotopic (exact) mass is 170 g/mol. The zero-order chi connectivity index (χ0) is 8.60. The van der Waals surface area contributed by atoms with Crippen LogP contribution in [0.3, 0.4) is 0 Å². The third-order valence-electron chi connectivity index (χ3n) is 3.39. The Morgan fingerprint density at radius 2 is 2.08 bits per heavy atom. The summed E-state index contributed by atoms with van der Waals surface area (Å²) >= 11 is 0. The van der Waals surface area contributed by atoms with Crippen molar-refractivity contribution < 1.29 is 9.84 Å². The smallest absolute Gasteiger partial charge is 0.0700 e. The minimum absolute atomic E-state index is 0.310. The molecule has 0 amide bonds. The van der Waals surface area contributed by atoms with Crippen LogP contribution >= 0.6 is 0 Å². The van der Waals surface area contributed by atoms with E-state index in [1.165, 1.54) is 12.8 Å². The summed E-state index contributed by atoms with van der Waals surface area (Å²) in [6.07, 6.45) is 6.90. The maximum Gasteiger partial charge on any atom is 0.0700 e. The molecule has 0 spiro atoms. The Balaban J connectivity index is 1.96. The number of hydrogen-bond acceptors (Lipinski definition) is 2. The van der Waals surface area contributed by atoms with Crippen LogP contribution in [0.1, 0.15) is 38.5 Å².